The van der Waals surface area contributed by atoms with Crippen molar-refractivity contribution >= 4 is 17.5 Å². The van der Waals surface area contributed by atoms with E-state index in [4.69, 9.17) is 19.2 Å². The fraction of sp³-hybridized carbons (Fsp3) is 0.257. The lowest BCUT2D eigenvalue weighted by molar-refractivity contribution is -0.157. The van der Waals surface area contributed by atoms with Crippen LogP contribution in [0.3, 0.4) is 0 Å². The number of fused-ring (bicyclic) bond motifs is 1. The van der Waals surface area contributed by atoms with E-state index in [1.54, 1.807) is 38.2 Å². The number of hydrogen-bond donors (Lipinski definition) is 1. The summed E-state index contributed by atoms with van der Waals surface area (Å²) in [5, 5.41) is 14.0. The third-order valence-corrected chi connectivity index (χ3v) is 7.75. The maximum Gasteiger partial charge on any atom is 0.341 e. The van der Waals surface area contributed by atoms with E-state index in [2.05, 4.69) is 11.4 Å². The number of carbonyl (C=O) groups excluding carboxylic acids is 2. The second kappa shape index (κ2) is 13.4. The number of ketones is 1. The molecule has 1 atom stereocenters. The number of nitrogens with one attached hydrogen (secondary N) is 1. The lowest BCUT2D eigenvalue weighted by atomic mass is 9.89. The van der Waals surface area contributed by atoms with Gasteiger partial charge in [-0.25, -0.2) is 9.79 Å². The van der Waals surface area contributed by atoms with Crippen LogP contribution >= 0.6 is 0 Å². The molecule has 0 saturated carbocycles. The predicted molar refractivity (Wildman–Crippen MR) is 166 cm³/mol. The molecule has 0 amide bonds. The Morgan fingerprint density at radius 1 is 1.00 bits per heavy atom. The number of allylic oxidation sites excluding steroid dienone is 2. The average Bonchev–Trinajstić information content (AvgIpc) is 3.35. The molecule has 1 unspecified atom stereocenters. The first-order valence-electron chi connectivity index (χ1n) is 14.4. The van der Waals surface area contributed by atoms with Crippen molar-refractivity contribution in [1.82, 2.24) is 10.2 Å². The molecule has 2 aliphatic rings. The monoisotopic (exact) mass is 590 g/mol. The number of aliphatic imine (C=N–C) groups is 1. The summed E-state index contributed by atoms with van der Waals surface area (Å²) in [6.45, 7) is 2.25. The molecule has 0 aromatic heterocycles. The maximum absolute atomic E-state index is 14.0. The summed E-state index contributed by atoms with van der Waals surface area (Å²) in [4.78, 5) is 34.3. The normalized spacial score (nSPS) is 17.4. The summed E-state index contributed by atoms with van der Waals surface area (Å²) in [5.74, 6) is 0.364. The quantitative estimate of drug-likeness (QED) is 0.188. The van der Waals surface area contributed by atoms with Crippen molar-refractivity contribution in [2.75, 3.05) is 33.9 Å². The van der Waals surface area contributed by atoms with Crippen LogP contribution in [0.1, 0.15) is 23.6 Å². The maximum atomic E-state index is 14.0. The number of nitrogens with zero attached hydrogens (tertiary/aromatic N) is 3. The highest BCUT2D eigenvalue weighted by Gasteiger charge is 2.58. The SMILES string of the molecule is CCOC(=O)C1(CNCCc2ccccc2)C(=O)C=C2N=C(c3ccc(OC)cc3)C(C#N)=C(Cc3ccccc3OC)N21. The summed E-state index contributed by atoms with van der Waals surface area (Å²) < 4.78 is 16.5. The molecule has 0 bridgehead atoms. The number of benzene rings is 3. The van der Waals surface area contributed by atoms with Gasteiger partial charge in [0.15, 0.2) is 5.78 Å². The molecule has 0 fully saturated rings. The molecule has 9 heteroatoms. The topological polar surface area (TPSA) is 113 Å². The van der Waals surface area contributed by atoms with Gasteiger partial charge in [0.1, 0.15) is 23.4 Å². The predicted octanol–water partition coefficient (Wildman–Crippen LogP) is 4.39. The molecule has 1 N–H and O–H groups in total. The first-order chi connectivity index (χ1) is 21.5. The van der Waals surface area contributed by atoms with Gasteiger partial charge in [-0.05, 0) is 55.8 Å². The Hall–Kier alpha value is -5.20. The highest BCUT2D eigenvalue weighted by molar-refractivity contribution is 6.20. The molecule has 2 heterocycles. The van der Waals surface area contributed by atoms with E-state index in [9.17, 15) is 14.9 Å². The van der Waals surface area contributed by atoms with E-state index >= 15 is 0 Å². The van der Waals surface area contributed by atoms with Gasteiger partial charge in [-0.1, -0.05) is 48.5 Å². The highest BCUT2D eigenvalue weighted by Crippen LogP contribution is 2.42. The molecule has 224 valence electrons. The zero-order valence-electron chi connectivity index (χ0n) is 25.0. The Balaban J connectivity index is 1.62. The lowest BCUT2D eigenvalue weighted by Crippen LogP contribution is -2.62. The smallest absolute Gasteiger partial charge is 0.341 e. The Morgan fingerprint density at radius 2 is 1.73 bits per heavy atom. The number of para-hydroxylation sites is 1. The van der Waals surface area contributed by atoms with E-state index in [1.165, 1.54) is 6.08 Å². The van der Waals surface area contributed by atoms with Gasteiger partial charge in [0, 0.05) is 35.9 Å². The molecule has 0 saturated heterocycles. The van der Waals surface area contributed by atoms with Crippen LogP contribution in [0.2, 0.25) is 0 Å². The molecule has 0 spiro atoms. The molecule has 3 aromatic rings. The van der Waals surface area contributed by atoms with Gasteiger partial charge in [0.05, 0.1) is 32.1 Å². The van der Waals surface area contributed by atoms with Crippen molar-refractivity contribution in [2.24, 2.45) is 4.99 Å². The van der Waals surface area contributed by atoms with Crippen molar-refractivity contribution in [2.45, 2.75) is 25.3 Å². The van der Waals surface area contributed by atoms with Crippen LogP contribution in [0.5, 0.6) is 11.5 Å². The number of nitriles is 1. The van der Waals surface area contributed by atoms with Crippen LogP contribution in [0.25, 0.3) is 0 Å². The first kappa shape index (κ1) is 30.3. The Labute approximate surface area is 257 Å². The van der Waals surface area contributed by atoms with Gasteiger partial charge in [-0.15, -0.1) is 0 Å². The van der Waals surface area contributed by atoms with Gasteiger partial charge in [0.2, 0.25) is 5.54 Å². The number of rotatable bonds is 12. The molecule has 44 heavy (non-hydrogen) atoms. The number of methoxy groups -OCH3 is 2. The Morgan fingerprint density at radius 3 is 2.41 bits per heavy atom. The van der Waals surface area contributed by atoms with Crippen molar-refractivity contribution in [1.29, 1.82) is 5.26 Å². The Bertz CT molecular complexity index is 1670. The van der Waals surface area contributed by atoms with E-state index in [1.807, 2.05) is 66.7 Å². The van der Waals surface area contributed by atoms with E-state index in [0.29, 0.717) is 41.4 Å². The zero-order chi connectivity index (χ0) is 31.1. The summed E-state index contributed by atoms with van der Waals surface area (Å²) in [6, 6.07) is 26.9. The van der Waals surface area contributed by atoms with E-state index < -0.39 is 17.3 Å². The van der Waals surface area contributed by atoms with E-state index in [-0.39, 0.29) is 31.0 Å². The van der Waals surface area contributed by atoms with Gasteiger partial charge in [0.25, 0.3) is 0 Å². The summed E-state index contributed by atoms with van der Waals surface area (Å²) in [7, 11) is 3.16. The lowest BCUT2D eigenvalue weighted by Gasteiger charge is -2.41. The largest absolute Gasteiger partial charge is 0.497 e. The highest BCUT2D eigenvalue weighted by atomic mass is 16.5. The number of ether oxygens (including phenoxy) is 3. The van der Waals surface area contributed by atoms with Gasteiger partial charge in [-0.2, -0.15) is 5.26 Å². The van der Waals surface area contributed by atoms with Crippen LogP contribution < -0.4 is 14.8 Å². The third kappa shape index (κ3) is 5.72. The molecule has 0 aliphatic carbocycles. The minimum Gasteiger partial charge on any atom is -0.497 e. The number of carbonyl (C=O) groups is 2. The van der Waals surface area contributed by atoms with Crippen LogP contribution in [-0.2, 0) is 27.2 Å². The van der Waals surface area contributed by atoms with Crippen molar-refractivity contribution < 1.29 is 23.8 Å². The average molecular weight is 591 g/mol. The zero-order valence-corrected chi connectivity index (χ0v) is 25.0. The van der Waals surface area contributed by atoms with Gasteiger partial charge >= 0.3 is 5.97 Å². The van der Waals surface area contributed by atoms with E-state index in [0.717, 1.165) is 11.1 Å². The molecule has 3 aromatic carbocycles. The molecule has 5 rings (SSSR count). The van der Waals surface area contributed by atoms with Gasteiger partial charge < -0.3 is 24.4 Å². The standard InChI is InChI=1S/C35H34N4O5/c1-4-44-34(41)35(23-37-19-18-24-10-6-5-7-11-24)31(40)21-32-38-33(25-14-16-27(42-2)17-15-25)28(22-36)29(39(32)35)20-26-12-8-9-13-30(26)43-3/h5-17,21,37H,4,18-20,23H2,1-3H3. The molecule has 2 aliphatic heterocycles. The second-order valence-electron chi connectivity index (χ2n) is 10.3. The van der Waals surface area contributed by atoms with Crippen molar-refractivity contribution in [3.63, 3.8) is 0 Å². The fourth-order valence-corrected chi connectivity index (χ4v) is 5.58. The molecular formula is C35H34N4O5. The van der Waals surface area contributed by atoms with Crippen LogP contribution in [-0.4, -0.2) is 61.8 Å². The molecule has 9 nitrogen and oxygen atoms in total. The van der Waals surface area contributed by atoms with Crippen molar-refractivity contribution in [3.05, 3.63) is 119 Å². The number of esters is 1. The minimum atomic E-state index is -1.80. The first-order valence-corrected chi connectivity index (χ1v) is 14.4. The van der Waals surface area contributed by atoms with Crippen LogP contribution in [0, 0.1) is 11.3 Å². The minimum absolute atomic E-state index is 0.0426. The Kier molecular flexibility index (Phi) is 9.22. The summed E-state index contributed by atoms with van der Waals surface area (Å²) >= 11 is 0. The summed E-state index contributed by atoms with van der Waals surface area (Å²) in [6.07, 6.45) is 2.26. The van der Waals surface area contributed by atoms with Crippen LogP contribution in [0.15, 0.2) is 107 Å². The molecular weight excluding hydrogens is 556 g/mol. The second-order valence-corrected chi connectivity index (χ2v) is 10.3. The third-order valence-electron chi connectivity index (χ3n) is 7.75. The van der Waals surface area contributed by atoms with Crippen molar-refractivity contribution in [3.8, 4) is 17.6 Å². The summed E-state index contributed by atoms with van der Waals surface area (Å²) in [5.41, 5.74) is 1.86. The fourth-order valence-electron chi connectivity index (χ4n) is 5.58. The van der Waals surface area contributed by atoms with Crippen LogP contribution in [0.4, 0.5) is 0 Å². The number of hydrogen-bond acceptors (Lipinski definition) is 9. The van der Waals surface area contributed by atoms with Gasteiger partial charge in [-0.3, -0.25) is 4.79 Å². The molecule has 0 radical (unpaired) electrons.